The second-order valence-corrected chi connectivity index (χ2v) is 9.72. The summed E-state index contributed by atoms with van der Waals surface area (Å²) in [5, 5.41) is 19.7. The molecular formula is C34H15F3N4O. The van der Waals surface area contributed by atoms with Gasteiger partial charge in [-0.15, -0.1) is 13.2 Å². The first-order valence-electron chi connectivity index (χ1n) is 12.5. The van der Waals surface area contributed by atoms with E-state index in [4.69, 9.17) is 13.1 Å². The van der Waals surface area contributed by atoms with Crippen LogP contribution < -0.4 is 4.74 Å². The van der Waals surface area contributed by atoms with E-state index in [1.54, 1.807) is 6.07 Å². The van der Waals surface area contributed by atoms with E-state index >= 15 is 0 Å². The third-order valence-electron chi connectivity index (χ3n) is 7.35. The van der Waals surface area contributed by atoms with Gasteiger partial charge in [0.15, 0.2) is 0 Å². The molecule has 5 nitrogen and oxygen atoms in total. The average Bonchev–Trinajstić information content (AvgIpc) is 3.44. The second-order valence-electron chi connectivity index (χ2n) is 9.72. The fourth-order valence-electron chi connectivity index (χ4n) is 5.61. The van der Waals surface area contributed by atoms with Crippen LogP contribution >= 0.6 is 0 Å². The van der Waals surface area contributed by atoms with Gasteiger partial charge in [0.2, 0.25) is 0 Å². The summed E-state index contributed by atoms with van der Waals surface area (Å²) in [6.07, 6.45) is -4.92. The van der Waals surface area contributed by atoms with Crippen LogP contribution in [0.5, 0.6) is 5.75 Å². The van der Waals surface area contributed by atoms with Crippen molar-refractivity contribution in [2.75, 3.05) is 0 Å². The van der Waals surface area contributed by atoms with Crippen LogP contribution in [0, 0.1) is 42.7 Å². The van der Waals surface area contributed by atoms with E-state index in [1.807, 2.05) is 67.6 Å². The number of aryl methyl sites for hydroxylation is 1. The highest BCUT2D eigenvalue weighted by Gasteiger charge is 2.35. The molecule has 42 heavy (non-hydrogen) atoms. The molecule has 0 aliphatic heterocycles. The van der Waals surface area contributed by atoms with Crippen LogP contribution in [0.3, 0.4) is 0 Å². The minimum Gasteiger partial charge on any atom is -0.406 e. The van der Waals surface area contributed by atoms with Crippen molar-refractivity contribution in [3.8, 4) is 51.3 Å². The molecule has 0 bridgehead atoms. The van der Waals surface area contributed by atoms with Crippen LogP contribution in [0.2, 0.25) is 0 Å². The van der Waals surface area contributed by atoms with Crippen molar-refractivity contribution in [3.63, 3.8) is 0 Å². The lowest BCUT2D eigenvalue weighted by molar-refractivity contribution is -0.274. The third kappa shape index (κ3) is 4.08. The fourth-order valence-corrected chi connectivity index (χ4v) is 5.61. The first-order chi connectivity index (χ1) is 20.2. The molecule has 6 rings (SSSR count). The van der Waals surface area contributed by atoms with Crippen LogP contribution in [0.4, 0.5) is 13.2 Å². The Morgan fingerprint density at radius 2 is 1.12 bits per heavy atom. The molecule has 8 heteroatoms. The van der Waals surface area contributed by atoms with Gasteiger partial charge in [-0.2, -0.15) is 0 Å². The molecule has 4 aromatic carbocycles. The highest BCUT2D eigenvalue weighted by Crippen LogP contribution is 2.54. The summed E-state index contributed by atoms with van der Waals surface area (Å²) < 4.78 is 43.1. The number of nitriles is 2. The number of nitrogens with zero attached hydrogens (tertiary/aromatic N) is 4. The second kappa shape index (κ2) is 9.53. The van der Waals surface area contributed by atoms with Gasteiger partial charge in [-0.3, -0.25) is 0 Å². The molecule has 0 aromatic heterocycles. The van der Waals surface area contributed by atoms with E-state index < -0.39 is 12.1 Å². The normalized spacial score (nSPS) is 14.7. The summed E-state index contributed by atoms with van der Waals surface area (Å²) in [4.78, 5) is 6.85. The standard InChI is InChI=1S/C34H15F3N4O/c1-18-4-6-19(7-5-18)20-8-10-22-24-14-25-23-11-9-21(42-34(35,36)37)13-27(23)33(31(17-39)41-3)29(25)15-28(24)32(26(22)12-20)30(16-38)40-2/h4-15H,1H3/b32-30+,33-31-. The van der Waals surface area contributed by atoms with Crippen molar-refractivity contribution in [3.05, 3.63) is 135 Å². The number of fused-ring (bicyclic) bond motifs is 6. The van der Waals surface area contributed by atoms with Gasteiger partial charge in [-0.25, -0.2) is 20.2 Å². The van der Waals surface area contributed by atoms with Crippen molar-refractivity contribution in [1.29, 1.82) is 10.5 Å². The zero-order valence-corrected chi connectivity index (χ0v) is 21.8. The maximum Gasteiger partial charge on any atom is 0.573 e. The van der Waals surface area contributed by atoms with Crippen LogP contribution in [-0.4, -0.2) is 6.36 Å². The van der Waals surface area contributed by atoms with Gasteiger partial charge in [0, 0.05) is 11.1 Å². The summed E-state index contributed by atoms with van der Waals surface area (Å²) in [5.41, 5.74) is 7.80. The van der Waals surface area contributed by atoms with E-state index in [9.17, 15) is 23.7 Å². The van der Waals surface area contributed by atoms with Crippen LogP contribution in [0.25, 0.3) is 54.2 Å². The SMILES string of the molecule is [C-]#[N+]/C(C#N)=C1/c2cc(OC(F)(F)F)ccc2-c2cc3c(cc21)/C(=C(\C#N)[N+]#[C-])c1cc(-c2ccc(C)cc2)ccc1-3. The van der Waals surface area contributed by atoms with Gasteiger partial charge in [0.05, 0.1) is 25.3 Å². The molecule has 0 heterocycles. The molecule has 0 amide bonds. The summed E-state index contributed by atoms with van der Waals surface area (Å²) in [6.45, 7) is 17.3. The predicted octanol–water partition coefficient (Wildman–Crippen LogP) is 8.93. The van der Waals surface area contributed by atoms with Crippen molar-refractivity contribution < 1.29 is 17.9 Å². The lowest BCUT2D eigenvalue weighted by atomic mass is 9.94. The fraction of sp³-hybridized carbons (Fsp3) is 0.0588. The molecule has 0 fully saturated rings. The molecule has 0 saturated carbocycles. The molecule has 0 N–H and O–H groups in total. The number of allylic oxidation sites excluding steroid dienone is 2. The lowest BCUT2D eigenvalue weighted by Gasteiger charge is -2.11. The molecule has 0 saturated heterocycles. The number of alkyl halides is 3. The summed E-state index contributed by atoms with van der Waals surface area (Å²) in [5.74, 6) is -0.476. The first kappa shape index (κ1) is 26.1. The van der Waals surface area contributed by atoms with Gasteiger partial charge in [-0.1, -0.05) is 48.0 Å². The van der Waals surface area contributed by atoms with E-state index in [2.05, 4.69) is 14.4 Å². The van der Waals surface area contributed by atoms with E-state index in [1.165, 1.54) is 18.2 Å². The van der Waals surface area contributed by atoms with Gasteiger partial charge < -0.3 is 4.74 Å². The molecule has 198 valence electrons. The lowest BCUT2D eigenvalue weighted by Crippen LogP contribution is -2.17. The number of hydrogen-bond donors (Lipinski definition) is 0. The minimum absolute atomic E-state index is 0.122. The largest absolute Gasteiger partial charge is 0.573 e. The van der Waals surface area contributed by atoms with E-state index in [-0.39, 0.29) is 22.5 Å². The van der Waals surface area contributed by atoms with E-state index in [0.717, 1.165) is 27.8 Å². The van der Waals surface area contributed by atoms with Crippen LogP contribution in [-0.2, 0) is 0 Å². The Hall–Kier alpha value is -6.09. The maximum absolute atomic E-state index is 13.0. The van der Waals surface area contributed by atoms with Gasteiger partial charge in [0.1, 0.15) is 5.75 Å². The van der Waals surface area contributed by atoms with Crippen molar-refractivity contribution in [2.45, 2.75) is 13.3 Å². The molecule has 0 unspecified atom stereocenters. The Labute approximate surface area is 238 Å². The number of hydrogen-bond acceptors (Lipinski definition) is 3. The quantitative estimate of drug-likeness (QED) is 0.159. The van der Waals surface area contributed by atoms with Crippen molar-refractivity contribution >= 4 is 11.1 Å². The number of benzene rings is 4. The average molecular weight is 553 g/mol. The van der Waals surface area contributed by atoms with Crippen LogP contribution in [0.15, 0.2) is 84.2 Å². The van der Waals surface area contributed by atoms with Gasteiger partial charge >= 0.3 is 6.36 Å². The zero-order valence-electron chi connectivity index (χ0n) is 21.8. The Morgan fingerprint density at radius 3 is 1.64 bits per heavy atom. The van der Waals surface area contributed by atoms with Gasteiger partial charge in [-0.05, 0) is 92.9 Å². The van der Waals surface area contributed by atoms with E-state index in [0.29, 0.717) is 33.4 Å². The molecule has 2 aliphatic carbocycles. The molecule has 2 aliphatic rings. The Kier molecular flexibility index (Phi) is 5.93. The van der Waals surface area contributed by atoms with Crippen molar-refractivity contribution in [2.24, 2.45) is 0 Å². The third-order valence-corrected chi connectivity index (χ3v) is 7.35. The number of halogens is 3. The Balaban J connectivity index is 1.63. The predicted molar refractivity (Wildman–Crippen MR) is 151 cm³/mol. The maximum atomic E-state index is 13.0. The Morgan fingerprint density at radius 1 is 0.643 bits per heavy atom. The topological polar surface area (TPSA) is 65.5 Å². The summed E-state index contributed by atoms with van der Waals surface area (Å²) in [6, 6.07) is 25.1. The zero-order chi connectivity index (χ0) is 29.8. The Bertz CT molecular complexity index is 2060. The summed E-state index contributed by atoms with van der Waals surface area (Å²) in [7, 11) is 0. The highest BCUT2D eigenvalue weighted by atomic mass is 19.4. The monoisotopic (exact) mass is 552 g/mol. The molecule has 0 atom stereocenters. The number of ether oxygens (including phenoxy) is 1. The minimum atomic E-state index is -4.92. The molecular weight excluding hydrogens is 537 g/mol. The molecule has 0 radical (unpaired) electrons. The highest BCUT2D eigenvalue weighted by molar-refractivity contribution is 6.11. The van der Waals surface area contributed by atoms with Gasteiger partial charge in [0.25, 0.3) is 11.4 Å². The molecule has 0 spiro atoms. The summed E-state index contributed by atoms with van der Waals surface area (Å²) >= 11 is 0. The first-order valence-corrected chi connectivity index (χ1v) is 12.5. The molecule has 4 aromatic rings. The smallest absolute Gasteiger partial charge is 0.406 e. The van der Waals surface area contributed by atoms with Crippen molar-refractivity contribution in [1.82, 2.24) is 0 Å². The van der Waals surface area contributed by atoms with Crippen LogP contribution in [0.1, 0.15) is 27.8 Å². The number of rotatable bonds is 2.